The second kappa shape index (κ2) is 11.7. The number of nitrogens with zero attached hydrogens (tertiary/aromatic N) is 2. The number of thiophene rings is 1. The smallest absolute Gasteiger partial charge is 0.232 e. The van der Waals surface area contributed by atoms with Gasteiger partial charge in [-0.2, -0.15) is 0 Å². The molecule has 0 spiro atoms. The average Bonchev–Trinajstić information content (AvgIpc) is 3.53. The summed E-state index contributed by atoms with van der Waals surface area (Å²) < 4.78 is 0. The maximum atomic E-state index is 13.3. The van der Waals surface area contributed by atoms with Crippen molar-refractivity contribution in [1.82, 2.24) is 9.80 Å². The van der Waals surface area contributed by atoms with Gasteiger partial charge in [-0.05, 0) is 100 Å². The molecule has 5 rings (SSSR count). The molecule has 2 aromatic carbocycles. The van der Waals surface area contributed by atoms with Crippen LogP contribution in [-0.4, -0.2) is 55.0 Å². The van der Waals surface area contributed by atoms with Gasteiger partial charge in [0.15, 0.2) is 0 Å². The number of aryl methyl sites for hydroxylation is 2. The van der Waals surface area contributed by atoms with Gasteiger partial charge < -0.3 is 15.5 Å². The first-order valence-electron chi connectivity index (χ1n) is 13.6. The largest absolute Gasteiger partial charge is 0.369 e. The van der Waals surface area contributed by atoms with Gasteiger partial charge >= 0.3 is 0 Å². The van der Waals surface area contributed by atoms with Crippen molar-refractivity contribution in [2.75, 3.05) is 39.3 Å². The molecular weight excluding hydrogens is 462 g/mol. The lowest BCUT2D eigenvalue weighted by Crippen LogP contribution is -2.49. The van der Waals surface area contributed by atoms with Gasteiger partial charge in [0, 0.05) is 16.3 Å². The number of amides is 1. The van der Waals surface area contributed by atoms with Gasteiger partial charge in [-0.1, -0.05) is 60.7 Å². The summed E-state index contributed by atoms with van der Waals surface area (Å²) in [6.45, 7) is 6.83. The lowest BCUT2D eigenvalue weighted by atomic mass is 9.64. The molecule has 0 saturated carbocycles. The highest BCUT2D eigenvalue weighted by Gasteiger charge is 2.49. The summed E-state index contributed by atoms with van der Waals surface area (Å²) in [4.78, 5) is 21.4. The van der Waals surface area contributed by atoms with Gasteiger partial charge in [0.05, 0.1) is 0 Å². The van der Waals surface area contributed by atoms with Crippen LogP contribution in [0.15, 0.2) is 72.8 Å². The van der Waals surface area contributed by atoms with Crippen LogP contribution < -0.4 is 5.73 Å². The molecule has 3 heterocycles. The summed E-state index contributed by atoms with van der Waals surface area (Å²) in [5, 5.41) is 0. The van der Waals surface area contributed by atoms with Gasteiger partial charge in [-0.25, -0.2) is 0 Å². The molecule has 0 radical (unpaired) electrons. The summed E-state index contributed by atoms with van der Waals surface area (Å²) in [5.74, 6) is -0.0773. The number of nitrogens with two attached hydrogens (primary N) is 1. The van der Waals surface area contributed by atoms with E-state index in [0.29, 0.717) is 0 Å². The van der Waals surface area contributed by atoms with Crippen molar-refractivity contribution in [2.45, 2.75) is 43.9 Å². The van der Waals surface area contributed by atoms with Crippen molar-refractivity contribution in [2.24, 2.45) is 11.7 Å². The minimum Gasteiger partial charge on any atom is -0.369 e. The zero-order chi connectivity index (χ0) is 24.8. The fraction of sp³-hybridized carbons (Fsp3) is 0.452. The normalized spacial score (nSPS) is 18.8. The predicted molar refractivity (Wildman–Crippen MR) is 149 cm³/mol. The van der Waals surface area contributed by atoms with Crippen LogP contribution in [-0.2, 0) is 23.1 Å². The summed E-state index contributed by atoms with van der Waals surface area (Å²) in [5.41, 5.74) is 7.47. The van der Waals surface area contributed by atoms with Crippen LogP contribution in [0.3, 0.4) is 0 Å². The molecule has 0 unspecified atom stereocenters. The Morgan fingerprint density at radius 2 is 1.36 bits per heavy atom. The number of benzene rings is 2. The van der Waals surface area contributed by atoms with Crippen molar-refractivity contribution < 1.29 is 4.79 Å². The Kier molecular flexibility index (Phi) is 8.20. The molecular formula is C31H39N3OS. The highest BCUT2D eigenvalue weighted by atomic mass is 32.1. The van der Waals surface area contributed by atoms with Crippen LogP contribution in [0.5, 0.6) is 0 Å². The fourth-order valence-corrected chi connectivity index (χ4v) is 7.27. The summed E-state index contributed by atoms with van der Waals surface area (Å²) in [6.07, 6.45) is 7.13. The van der Waals surface area contributed by atoms with E-state index in [1.807, 2.05) is 47.7 Å². The van der Waals surface area contributed by atoms with Crippen LogP contribution in [0.1, 0.15) is 46.6 Å². The second-order valence-electron chi connectivity index (χ2n) is 10.5. The maximum Gasteiger partial charge on any atom is 0.232 e. The minimum atomic E-state index is -0.796. The van der Waals surface area contributed by atoms with Crippen LogP contribution in [0.4, 0.5) is 0 Å². The molecule has 190 valence electrons. The first kappa shape index (κ1) is 25.2. The van der Waals surface area contributed by atoms with E-state index in [1.54, 1.807) is 0 Å². The van der Waals surface area contributed by atoms with Crippen molar-refractivity contribution in [3.8, 4) is 0 Å². The third kappa shape index (κ3) is 5.44. The molecule has 3 aromatic rings. The molecule has 5 heteroatoms. The van der Waals surface area contributed by atoms with Crippen LogP contribution in [0.2, 0.25) is 0 Å². The molecule has 2 N–H and O–H groups in total. The minimum absolute atomic E-state index is 0.166. The van der Waals surface area contributed by atoms with Gasteiger partial charge in [0.25, 0.3) is 0 Å². The quantitative estimate of drug-likeness (QED) is 0.375. The number of hydrogen-bond acceptors (Lipinski definition) is 4. The molecule has 36 heavy (non-hydrogen) atoms. The standard InChI is InChI=1S/C31H39N3OS/c32-30(35)31(25-10-3-1-4-11-25,26-12-5-2-6-13-26)27-18-23-34(24-27)20-8-15-29-17-16-28(36-29)14-7-19-33-21-9-22-33/h1-6,10-13,16-17,27H,7-9,14-15,18-24H2,(H2,32,35)/t27-/m1/s1. The highest BCUT2D eigenvalue weighted by Crippen LogP contribution is 2.43. The lowest BCUT2D eigenvalue weighted by Gasteiger charge is -2.37. The van der Waals surface area contributed by atoms with Gasteiger partial charge in [0.2, 0.25) is 5.91 Å². The summed E-state index contributed by atoms with van der Waals surface area (Å²) in [7, 11) is 0. The number of hydrogen-bond donors (Lipinski definition) is 1. The Bertz CT molecular complexity index is 1070. The number of carbonyl (C=O) groups excluding carboxylic acids is 1. The Morgan fingerprint density at radius 1 is 0.806 bits per heavy atom. The number of carbonyl (C=O) groups is 1. The van der Waals surface area contributed by atoms with Crippen molar-refractivity contribution in [1.29, 1.82) is 0 Å². The third-order valence-corrected chi connectivity index (χ3v) is 9.40. The van der Waals surface area contributed by atoms with E-state index in [9.17, 15) is 4.79 Å². The average molecular weight is 502 g/mol. The van der Waals surface area contributed by atoms with Crippen molar-refractivity contribution in [3.63, 3.8) is 0 Å². The fourth-order valence-electron chi connectivity index (χ4n) is 6.17. The zero-order valence-electron chi connectivity index (χ0n) is 21.3. The van der Waals surface area contributed by atoms with Gasteiger partial charge in [-0.15, -0.1) is 11.3 Å². The van der Waals surface area contributed by atoms with Crippen LogP contribution >= 0.6 is 11.3 Å². The van der Waals surface area contributed by atoms with Crippen molar-refractivity contribution >= 4 is 17.2 Å². The van der Waals surface area contributed by atoms with Crippen LogP contribution in [0.25, 0.3) is 0 Å². The Labute approximate surface area is 220 Å². The SMILES string of the molecule is NC(=O)C(c1ccccc1)(c1ccccc1)[C@@H]1CCN(CCCc2ccc(CCCN3CCC3)s2)C1. The molecule has 0 bridgehead atoms. The monoisotopic (exact) mass is 501 g/mol. The number of likely N-dealkylation sites (tertiary alicyclic amines) is 2. The maximum absolute atomic E-state index is 13.3. The van der Waals surface area contributed by atoms with E-state index in [0.717, 1.165) is 50.0 Å². The van der Waals surface area contributed by atoms with Gasteiger partial charge in [-0.3, -0.25) is 4.79 Å². The Balaban J connectivity index is 1.19. The van der Waals surface area contributed by atoms with E-state index in [-0.39, 0.29) is 11.8 Å². The molecule has 1 amide bonds. The lowest BCUT2D eigenvalue weighted by molar-refractivity contribution is -0.123. The highest BCUT2D eigenvalue weighted by molar-refractivity contribution is 7.11. The number of primary amides is 1. The zero-order valence-corrected chi connectivity index (χ0v) is 22.1. The number of rotatable bonds is 12. The van der Waals surface area contributed by atoms with E-state index in [1.165, 1.54) is 48.7 Å². The van der Waals surface area contributed by atoms with Crippen LogP contribution in [0, 0.1) is 5.92 Å². The van der Waals surface area contributed by atoms with E-state index >= 15 is 0 Å². The van der Waals surface area contributed by atoms with Crippen molar-refractivity contribution in [3.05, 3.63) is 93.7 Å². The molecule has 4 nitrogen and oxygen atoms in total. The topological polar surface area (TPSA) is 49.6 Å². The van der Waals surface area contributed by atoms with Gasteiger partial charge in [0.1, 0.15) is 5.41 Å². The summed E-state index contributed by atoms with van der Waals surface area (Å²) in [6, 6.07) is 25.0. The first-order valence-corrected chi connectivity index (χ1v) is 14.4. The molecule has 2 fully saturated rings. The molecule has 1 aromatic heterocycles. The second-order valence-corrected chi connectivity index (χ2v) is 11.7. The molecule has 2 saturated heterocycles. The Morgan fingerprint density at radius 3 is 1.86 bits per heavy atom. The van der Waals surface area contributed by atoms with E-state index in [4.69, 9.17) is 5.73 Å². The summed E-state index contributed by atoms with van der Waals surface area (Å²) >= 11 is 2.00. The Hall–Kier alpha value is -2.47. The molecule has 1 atom stereocenters. The molecule has 2 aliphatic rings. The first-order chi connectivity index (χ1) is 17.7. The third-order valence-electron chi connectivity index (χ3n) is 8.19. The molecule has 0 aliphatic carbocycles. The predicted octanol–water partition coefficient (Wildman–Crippen LogP) is 5.11. The van der Waals surface area contributed by atoms with E-state index in [2.05, 4.69) is 46.2 Å². The van der Waals surface area contributed by atoms with E-state index < -0.39 is 5.41 Å². The molecule has 2 aliphatic heterocycles.